The van der Waals surface area contributed by atoms with E-state index in [4.69, 9.17) is 10.7 Å². The minimum Gasteiger partial charge on any atom is -0.399 e. The van der Waals surface area contributed by atoms with Crippen molar-refractivity contribution in [1.82, 2.24) is 4.98 Å². The van der Waals surface area contributed by atoms with Gasteiger partial charge in [-0.3, -0.25) is 0 Å². The van der Waals surface area contributed by atoms with Gasteiger partial charge in [0.25, 0.3) is 0 Å². The summed E-state index contributed by atoms with van der Waals surface area (Å²) in [5, 5.41) is 3.13. The van der Waals surface area contributed by atoms with Gasteiger partial charge < -0.3 is 5.73 Å². The summed E-state index contributed by atoms with van der Waals surface area (Å²) in [7, 11) is 0. The number of aromatic nitrogens is 1. The highest BCUT2D eigenvalue weighted by atomic mass is 32.1. The van der Waals surface area contributed by atoms with Crippen LogP contribution in [0.3, 0.4) is 0 Å². The van der Waals surface area contributed by atoms with E-state index < -0.39 is 0 Å². The lowest BCUT2D eigenvalue weighted by Crippen LogP contribution is -1.83. The van der Waals surface area contributed by atoms with Crippen molar-refractivity contribution in [3.05, 3.63) is 46.7 Å². The number of nitrogens with zero attached hydrogens (tertiary/aromatic N) is 1. The molecule has 0 spiro atoms. The number of thiazole rings is 1. The first-order valence-corrected chi connectivity index (χ1v) is 7.31. The zero-order chi connectivity index (χ0) is 12.5. The van der Waals surface area contributed by atoms with E-state index in [2.05, 4.69) is 24.4 Å². The average Bonchev–Trinajstić information content (AvgIpc) is 2.99. The van der Waals surface area contributed by atoms with Crippen LogP contribution >= 0.6 is 22.7 Å². The molecule has 0 saturated carbocycles. The number of nitrogen functional groups attached to an aromatic ring is 1. The first kappa shape index (κ1) is 11.4. The van der Waals surface area contributed by atoms with E-state index in [1.54, 1.807) is 22.7 Å². The third-order valence-corrected chi connectivity index (χ3v) is 4.61. The fourth-order valence-electron chi connectivity index (χ4n) is 1.79. The summed E-state index contributed by atoms with van der Waals surface area (Å²) in [5.74, 6) is 0. The highest BCUT2D eigenvalue weighted by Crippen LogP contribution is 2.35. The molecule has 2 nitrogen and oxygen atoms in total. The third-order valence-electron chi connectivity index (χ3n) is 2.71. The van der Waals surface area contributed by atoms with Crippen molar-refractivity contribution in [2.45, 2.75) is 6.92 Å². The summed E-state index contributed by atoms with van der Waals surface area (Å²) in [6.07, 6.45) is 0. The van der Waals surface area contributed by atoms with Crippen molar-refractivity contribution in [2.75, 3.05) is 5.73 Å². The Morgan fingerprint density at radius 3 is 2.56 bits per heavy atom. The summed E-state index contributed by atoms with van der Waals surface area (Å²) < 4.78 is 0. The molecule has 0 amide bonds. The Balaban J connectivity index is 2.05. The van der Waals surface area contributed by atoms with Gasteiger partial charge in [-0.25, -0.2) is 4.98 Å². The fourth-order valence-corrected chi connectivity index (χ4v) is 3.56. The van der Waals surface area contributed by atoms with Gasteiger partial charge in [0.2, 0.25) is 0 Å². The molecular formula is C14H12N2S2. The van der Waals surface area contributed by atoms with Gasteiger partial charge in [-0.2, -0.15) is 0 Å². The van der Waals surface area contributed by atoms with Gasteiger partial charge in [-0.1, -0.05) is 6.07 Å². The van der Waals surface area contributed by atoms with Gasteiger partial charge in [0.05, 0.1) is 10.6 Å². The molecule has 2 aromatic heterocycles. The zero-order valence-electron chi connectivity index (χ0n) is 9.88. The van der Waals surface area contributed by atoms with Crippen LogP contribution in [0.1, 0.15) is 4.88 Å². The standard InChI is InChI=1S/C14H12N2S2/c1-9-13(12-3-2-8-17-12)16-14(18-9)10-4-6-11(15)7-5-10/h2-8H,15H2,1H3. The quantitative estimate of drug-likeness (QED) is 0.701. The summed E-state index contributed by atoms with van der Waals surface area (Å²) >= 11 is 3.45. The molecule has 0 atom stereocenters. The molecule has 2 N–H and O–H groups in total. The maximum absolute atomic E-state index is 5.70. The van der Waals surface area contributed by atoms with Gasteiger partial charge >= 0.3 is 0 Å². The number of thiophene rings is 1. The van der Waals surface area contributed by atoms with Crippen molar-refractivity contribution < 1.29 is 0 Å². The molecule has 0 unspecified atom stereocenters. The van der Waals surface area contributed by atoms with Crippen molar-refractivity contribution in [2.24, 2.45) is 0 Å². The summed E-state index contributed by atoms with van der Waals surface area (Å²) in [5.41, 5.74) is 8.71. The van der Waals surface area contributed by atoms with Crippen LogP contribution < -0.4 is 5.73 Å². The Bertz CT molecular complexity index is 652. The van der Waals surface area contributed by atoms with Gasteiger partial charge in [-0.15, -0.1) is 22.7 Å². The number of hydrogen-bond donors (Lipinski definition) is 1. The van der Waals surface area contributed by atoms with E-state index in [0.717, 1.165) is 22.0 Å². The molecule has 0 bridgehead atoms. The minimum atomic E-state index is 0.783. The molecule has 90 valence electrons. The lowest BCUT2D eigenvalue weighted by molar-refractivity contribution is 1.39. The fraction of sp³-hybridized carbons (Fsp3) is 0.0714. The van der Waals surface area contributed by atoms with Crippen LogP contribution in [0.5, 0.6) is 0 Å². The molecule has 0 fully saturated rings. The second kappa shape index (κ2) is 4.55. The molecule has 0 aliphatic rings. The van der Waals surface area contributed by atoms with E-state index in [1.165, 1.54) is 9.75 Å². The second-order valence-corrected chi connectivity index (χ2v) is 6.17. The van der Waals surface area contributed by atoms with Crippen molar-refractivity contribution in [3.8, 4) is 21.1 Å². The Morgan fingerprint density at radius 1 is 1.11 bits per heavy atom. The number of anilines is 1. The smallest absolute Gasteiger partial charge is 0.124 e. The lowest BCUT2D eigenvalue weighted by Gasteiger charge is -1.96. The first-order valence-electron chi connectivity index (χ1n) is 5.61. The predicted octanol–water partition coefficient (Wildman–Crippen LogP) is 4.43. The topological polar surface area (TPSA) is 38.9 Å². The SMILES string of the molecule is Cc1sc(-c2ccc(N)cc2)nc1-c1cccs1. The number of nitrogens with two attached hydrogens (primary N) is 1. The molecule has 0 saturated heterocycles. The molecule has 0 aliphatic carbocycles. The normalized spacial score (nSPS) is 10.7. The molecular weight excluding hydrogens is 260 g/mol. The Kier molecular flexibility index (Phi) is 2.89. The largest absolute Gasteiger partial charge is 0.399 e. The third kappa shape index (κ3) is 2.05. The maximum atomic E-state index is 5.70. The average molecular weight is 272 g/mol. The van der Waals surface area contributed by atoms with Crippen LogP contribution in [0.15, 0.2) is 41.8 Å². The molecule has 0 aliphatic heterocycles. The van der Waals surface area contributed by atoms with Crippen molar-refractivity contribution in [1.29, 1.82) is 0 Å². The zero-order valence-corrected chi connectivity index (χ0v) is 11.5. The van der Waals surface area contributed by atoms with Crippen LogP contribution in [0, 0.1) is 6.92 Å². The number of benzene rings is 1. The first-order chi connectivity index (χ1) is 8.74. The van der Waals surface area contributed by atoms with E-state index in [9.17, 15) is 0 Å². The van der Waals surface area contributed by atoms with Crippen LogP contribution in [-0.4, -0.2) is 4.98 Å². The molecule has 18 heavy (non-hydrogen) atoms. The highest BCUT2D eigenvalue weighted by molar-refractivity contribution is 7.17. The van der Waals surface area contributed by atoms with Crippen LogP contribution in [0.25, 0.3) is 21.1 Å². The molecule has 0 radical (unpaired) electrons. The van der Waals surface area contributed by atoms with E-state index in [0.29, 0.717) is 0 Å². The Hall–Kier alpha value is -1.65. The highest BCUT2D eigenvalue weighted by Gasteiger charge is 2.11. The molecule has 1 aromatic carbocycles. The van der Waals surface area contributed by atoms with Gasteiger partial charge in [0.1, 0.15) is 5.01 Å². The predicted molar refractivity (Wildman–Crippen MR) is 80.0 cm³/mol. The van der Waals surface area contributed by atoms with E-state index in [1.807, 2.05) is 24.3 Å². The summed E-state index contributed by atoms with van der Waals surface area (Å²) in [6, 6.07) is 12.0. The number of hydrogen-bond acceptors (Lipinski definition) is 4. The van der Waals surface area contributed by atoms with Gasteiger partial charge in [0.15, 0.2) is 0 Å². The van der Waals surface area contributed by atoms with Crippen LogP contribution in [0.4, 0.5) is 5.69 Å². The van der Waals surface area contributed by atoms with E-state index in [-0.39, 0.29) is 0 Å². The van der Waals surface area contributed by atoms with Gasteiger partial charge in [-0.05, 0) is 42.6 Å². The minimum absolute atomic E-state index is 0.783. The van der Waals surface area contributed by atoms with Crippen LogP contribution in [0.2, 0.25) is 0 Å². The molecule has 3 aromatic rings. The molecule has 2 heterocycles. The number of aryl methyl sites for hydroxylation is 1. The van der Waals surface area contributed by atoms with Crippen molar-refractivity contribution in [3.63, 3.8) is 0 Å². The lowest BCUT2D eigenvalue weighted by atomic mass is 10.2. The van der Waals surface area contributed by atoms with E-state index >= 15 is 0 Å². The van der Waals surface area contributed by atoms with Crippen LogP contribution in [-0.2, 0) is 0 Å². The van der Waals surface area contributed by atoms with Gasteiger partial charge in [0, 0.05) is 16.1 Å². The second-order valence-electron chi connectivity index (χ2n) is 4.02. The summed E-state index contributed by atoms with van der Waals surface area (Å²) in [6.45, 7) is 2.12. The monoisotopic (exact) mass is 272 g/mol. The maximum Gasteiger partial charge on any atom is 0.124 e. The Morgan fingerprint density at radius 2 is 1.89 bits per heavy atom. The molecule has 4 heteroatoms. The molecule has 3 rings (SSSR count). The van der Waals surface area contributed by atoms with Crippen molar-refractivity contribution >= 4 is 28.4 Å². The number of rotatable bonds is 2. The Labute approximate surface area is 114 Å². The summed E-state index contributed by atoms with van der Waals surface area (Å²) in [4.78, 5) is 7.22.